The number of Topliss-reactive ketones (excluding diaryl/α,β-unsaturated/α-hetero) is 1. The van der Waals surface area contributed by atoms with Crippen molar-refractivity contribution < 1.29 is 22.7 Å². The maximum atomic E-state index is 13.4. The molecule has 0 spiro atoms. The van der Waals surface area contributed by atoms with E-state index in [-0.39, 0.29) is 29.0 Å². The Bertz CT molecular complexity index is 1020. The molecule has 29 heavy (non-hydrogen) atoms. The van der Waals surface area contributed by atoms with Crippen LogP contribution in [0, 0.1) is 13.8 Å². The number of ether oxygens (including phenoxy) is 1. The van der Waals surface area contributed by atoms with Gasteiger partial charge in [0, 0.05) is 17.3 Å². The van der Waals surface area contributed by atoms with Crippen molar-refractivity contribution in [3.05, 3.63) is 52.8 Å². The Balaban J connectivity index is 1.97. The monoisotopic (exact) mass is 418 g/mol. The summed E-state index contributed by atoms with van der Waals surface area (Å²) in [5.41, 5.74) is 1.57. The number of ketones is 1. The summed E-state index contributed by atoms with van der Waals surface area (Å²) in [7, 11) is -3.82. The largest absolute Gasteiger partial charge is 0.461 e. The van der Waals surface area contributed by atoms with Crippen molar-refractivity contribution in [1.82, 2.24) is 9.29 Å². The molecule has 0 saturated heterocycles. The molecule has 1 aliphatic carbocycles. The van der Waals surface area contributed by atoms with Gasteiger partial charge in [0.15, 0.2) is 5.78 Å². The maximum Gasteiger partial charge on any atom is 0.355 e. The fourth-order valence-electron chi connectivity index (χ4n) is 3.62. The molecule has 0 radical (unpaired) electrons. The summed E-state index contributed by atoms with van der Waals surface area (Å²) in [5.74, 6) is -0.867. The molecule has 2 aromatic rings. The first kappa shape index (κ1) is 21.3. The first-order chi connectivity index (χ1) is 13.7. The van der Waals surface area contributed by atoms with Gasteiger partial charge in [-0.15, -0.1) is 0 Å². The van der Waals surface area contributed by atoms with Crippen molar-refractivity contribution in [2.45, 2.75) is 57.5 Å². The highest BCUT2D eigenvalue weighted by atomic mass is 32.2. The van der Waals surface area contributed by atoms with Crippen LogP contribution >= 0.6 is 0 Å². The molecule has 1 atom stereocenters. The van der Waals surface area contributed by atoms with E-state index in [1.807, 2.05) is 0 Å². The molecule has 1 unspecified atom stereocenters. The van der Waals surface area contributed by atoms with Crippen LogP contribution in [0.1, 0.15) is 58.8 Å². The van der Waals surface area contributed by atoms with Gasteiger partial charge in [0.1, 0.15) is 5.69 Å². The molecular weight excluding hydrogens is 392 g/mol. The quantitative estimate of drug-likeness (QED) is 0.524. The average molecular weight is 419 g/mol. The smallest absolute Gasteiger partial charge is 0.355 e. The van der Waals surface area contributed by atoms with Crippen molar-refractivity contribution in [3.8, 4) is 0 Å². The number of aryl methyl sites for hydroxylation is 1. The Kier molecular flexibility index (Phi) is 5.95. The molecule has 0 aliphatic heterocycles. The topological polar surface area (TPSA) is 96.5 Å². The number of esters is 1. The Labute approximate surface area is 171 Å². The molecule has 0 amide bonds. The van der Waals surface area contributed by atoms with Crippen LogP contribution in [0.2, 0.25) is 0 Å². The lowest BCUT2D eigenvalue weighted by molar-refractivity contribution is 0.0519. The summed E-state index contributed by atoms with van der Waals surface area (Å²) < 4.78 is 32.9. The van der Waals surface area contributed by atoms with E-state index in [4.69, 9.17) is 4.74 Å². The summed E-state index contributed by atoms with van der Waals surface area (Å²) in [6.07, 6.45) is 1.45. The number of aromatic amines is 1. The number of aromatic nitrogens is 1. The number of hydrogen-bond donors (Lipinski definition) is 1. The highest BCUT2D eigenvalue weighted by Crippen LogP contribution is 2.35. The lowest BCUT2D eigenvalue weighted by atomic mass is 10.0. The average Bonchev–Trinajstić information content (AvgIpc) is 3.46. The standard InChI is InChI=1S/C21H26N2O5S/c1-5-28-21(25)19-13(2)18(14(3)22-19)20(24)15(4)23(16-11-12-16)29(26,27)17-9-7-6-8-10-17/h6-10,15-16,22H,5,11-12H2,1-4H3. The third kappa shape index (κ3) is 4.00. The molecule has 1 aromatic heterocycles. The van der Waals surface area contributed by atoms with E-state index < -0.39 is 22.0 Å². The van der Waals surface area contributed by atoms with Crippen LogP contribution in [0.4, 0.5) is 0 Å². The van der Waals surface area contributed by atoms with E-state index in [1.54, 1.807) is 45.9 Å². The van der Waals surface area contributed by atoms with Crippen LogP contribution in [0.15, 0.2) is 35.2 Å². The summed E-state index contributed by atoms with van der Waals surface area (Å²) in [6.45, 7) is 6.91. The van der Waals surface area contributed by atoms with Crippen molar-refractivity contribution >= 4 is 21.8 Å². The minimum atomic E-state index is -3.82. The van der Waals surface area contributed by atoms with E-state index >= 15 is 0 Å². The minimum Gasteiger partial charge on any atom is -0.461 e. The maximum absolute atomic E-state index is 13.4. The van der Waals surface area contributed by atoms with Gasteiger partial charge >= 0.3 is 5.97 Å². The van der Waals surface area contributed by atoms with Crippen LogP contribution in [0.25, 0.3) is 0 Å². The second-order valence-corrected chi connectivity index (χ2v) is 9.11. The zero-order valence-corrected chi connectivity index (χ0v) is 17.9. The second-order valence-electron chi connectivity index (χ2n) is 7.26. The van der Waals surface area contributed by atoms with Gasteiger partial charge in [0.25, 0.3) is 0 Å². The van der Waals surface area contributed by atoms with Crippen LogP contribution in [0.5, 0.6) is 0 Å². The predicted octanol–water partition coefficient (Wildman–Crippen LogP) is 3.23. The van der Waals surface area contributed by atoms with Gasteiger partial charge in [-0.2, -0.15) is 4.31 Å². The number of rotatable bonds is 8. The van der Waals surface area contributed by atoms with Crippen molar-refractivity contribution in [1.29, 1.82) is 0 Å². The lowest BCUT2D eigenvalue weighted by Crippen LogP contribution is -2.44. The van der Waals surface area contributed by atoms with Gasteiger partial charge in [0.05, 0.1) is 17.5 Å². The molecule has 1 aromatic carbocycles. The van der Waals surface area contributed by atoms with Crippen molar-refractivity contribution in [2.75, 3.05) is 6.61 Å². The van der Waals surface area contributed by atoms with Gasteiger partial charge in [-0.1, -0.05) is 18.2 Å². The SMILES string of the molecule is CCOC(=O)c1[nH]c(C)c(C(=O)C(C)N(C2CC2)S(=O)(=O)c2ccccc2)c1C. The number of benzene rings is 1. The first-order valence-electron chi connectivity index (χ1n) is 9.69. The molecule has 3 rings (SSSR count). The number of nitrogens with one attached hydrogen (secondary N) is 1. The number of carbonyl (C=O) groups excluding carboxylic acids is 2. The summed E-state index contributed by atoms with van der Waals surface area (Å²) in [5, 5.41) is 0. The van der Waals surface area contributed by atoms with Crippen LogP contribution in [-0.4, -0.2) is 48.2 Å². The predicted molar refractivity (Wildman–Crippen MR) is 109 cm³/mol. The van der Waals surface area contributed by atoms with E-state index in [9.17, 15) is 18.0 Å². The first-order valence-corrected chi connectivity index (χ1v) is 11.1. The molecule has 8 heteroatoms. The highest BCUT2D eigenvalue weighted by molar-refractivity contribution is 7.89. The zero-order valence-electron chi connectivity index (χ0n) is 17.1. The van der Waals surface area contributed by atoms with E-state index in [1.165, 1.54) is 16.4 Å². The molecule has 1 N–H and O–H groups in total. The van der Waals surface area contributed by atoms with Crippen molar-refractivity contribution in [3.63, 3.8) is 0 Å². The van der Waals surface area contributed by atoms with Gasteiger partial charge in [0.2, 0.25) is 10.0 Å². The second kappa shape index (κ2) is 8.12. The fraction of sp³-hybridized carbons (Fsp3) is 0.429. The molecule has 1 aliphatic rings. The Morgan fingerprint density at radius 1 is 1.21 bits per heavy atom. The number of H-pyrrole nitrogens is 1. The Morgan fingerprint density at radius 2 is 1.83 bits per heavy atom. The van der Waals surface area contributed by atoms with Crippen LogP contribution in [0.3, 0.4) is 0 Å². The zero-order chi connectivity index (χ0) is 21.3. The lowest BCUT2D eigenvalue weighted by Gasteiger charge is -2.27. The number of carbonyl (C=O) groups is 2. The molecule has 1 fully saturated rings. The van der Waals surface area contributed by atoms with E-state index in [0.717, 1.165) is 12.8 Å². The molecular formula is C21H26N2O5S. The van der Waals surface area contributed by atoms with Crippen LogP contribution in [-0.2, 0) is 14.8 Å². The molecule has 1 heterocycles. The molecule has 156 valence electrons. The van der Waals surface area contributed by atoms with Gasteiger partial charge in [-0.3, -0.25) is 4.79 Å². The number of hydrogen-bond acceptors (Lipinski definition) is 5. The van der Waals surface area contributed by atoms with Gasteiger partial charge in [-0.05, 0) is 58.2 Å². The third-order valence-electron chi connectivity index (χ3n) is 5.15. The van der Waals surface area contributed by atoms with Crippen molar-refractivity contribution in [2.24, 2.45) is 0 Å². The Morgan fingerprint density at radius 3 is 2.38 bits per heavy atom. The highest BCUT2D eigenvalue weighted by Gasteiger charge is 2.44. The fourth-order valence-corrected chi connectivity index (χ4v) is 5.48. The van der Waals surface area contributed by atoms with Crippen LogP contribution < -0.4 is 0 Å². The van der Waals surface area contributed by atoms with Gasteiger partial charge < -0.3 is 9.72 Å². The van der Waals surface area contributed by atoms with Gasteiger partial charge in [-0.25, -0.2) is 13.2 Å². The normalized spacial score (nSPS) is 15.3. The number of nitrogens with zero attached hydrogens (tertiary/aromatic N) is 1. The minimum absolute atomic E-state index is 0.168. The third-order valence-corrected chi connectivity index (χ3v) is 7.19. The Hall–Kier alpha value is -2.45. The van der Waals surface area contributed by atoms with E-state index in [0.29, 0.717) is 16.8 Å². The summed E-state index contributed by atoms with van der Waals surface area (Å²) in [6, 6.07) is 7.06. The molecule has 1 saturated carbocycles. The molecule has 7 nitrogen and oxygen atoms in total. The number of sulfonamides is 1. The summed E-state index contributed by atoms with van der Waals surface area (Å²) in [4.78, 5) is 28.6. The summed E-state index contributed by atoms with van der Waals surface area (Å²) >= 11 is 0. The molecule has 0 bridgehead atoms. The van der Waals surface area contributed by atoms with E-state index in [2.05, 4.69) is 4.98 Å².